The quantitative estimate of drug-likeness (QED) is 0.759. The molecule has 108 valence electrons. The lowest BCUT2D eigenvalue weighted by Gasteiger charge is -2.08. The number of nitrogens with one attached hydrogen (secondary N) is 1. The number of nitrogen functional groups attached to an aromatic ring is 1. The molecule has 0 radical (unpaired) electrons. The van der Waals surface area contributed by atoms with Crippen LogP contribution in [0.2, 0.25) is 5.02 Å². The van der Waals surface area contributed by atoms with Crippen LogP contribution in [-0.4, -0.2) is 17.0 Å². The predicted octanol–water partition coefficient (Wildman–Crippen LogP) is 3.18. The van der Waals surface area contributed by atoms with Gasteiger partial charge in [0.1, 0.15) is 0 Å². The summed E-state index contributed by atoms with van der Waals surface area (Å²) in [6.45, 7) is 1.66. The van der Waals surface area contributed by atoms with E-state index in [1.807, 2.05) is 0 Å². The first-order chi connectivity index (χ1) is 9.86. The van der Waals surface area contributed by atoms with Gasteiger partial charge in [-0.3, -0.25) is 4.79 Å². The Morgan fingerprint density at radius 1 is 1.19 bits per heavy atom. The summed E-state index contributed by atoms with van der Waals surface area (Å²) in [5.74, 6) is -1.38. The second kappa shape index (κ2) is 5.85. The summed E-state index contributed by atoms with van der Waals surface area (Å²) in [5, 5.41) is 12.0. The molecule has 0 heterocycles. The monoisotopic (exact) mass is 304 g/mol. The van der Waals surface area contributed by atoms with Gasteiger partial charge in [-0.2, -0.15) is 0 Å². The van der Waals surface area contributed by atoms with Gasteiger partial charge in [-0.1, -0.05) is 11.6 Å². The van der Waals surface area contributed by atoms with Gasteiger partial charge in [0.05, 0.1) is 5.56 Å². The van der Waals surface area contributed by atoms with Crippen molar-refractivity contribution in [2.24, 2.45) is 0 Å². The van der Waals surface area contributed by atoms with Gasteiger partial charge in [0.15, 0.2) is 0 Å². The zero-order chi connectivity index (χ0) is 15.6. The van der Waals surface area contributed by atoms with Crippen molar-refractivity contribution >= 4 is 34.9 Å². The molecule has 0 fully saturated rings. The third-order valence-corrected chi connectivity index (χ3v) is 3.12. The van der Waals surface area contributed by atoms with Crippen molar-refractivity contribution in [3.8, 4) is 0 Å². The third-order valence-electron chi connectivity index (χ3n) is 2.90. The number of carboxylic acid groups (broad SMARTS) is 1. The lowest BCUT2D eigenvalue weighted by Crippen LogP contribution is -2.13. The van der Waals surface area contributed by atoms with Gasteiger partial charge in [0, 0.05) is 22.0 Å². The number of nitrogens with two attached hydrogens (primary N) is 1. The maximum Gasteiger partial charge on any atom is 0.335 e. The fourth-order valence-corrected chi connectivity index (χ4v) is 2.17. The number of hydrogen-bond acceptors (Lipinski definition) is 3. The number of rotatable bonds is 3. The summed E-state index contributed by atoms with van der Waals surface area (Å²) >= 11 is 5.85. The van der Waals surface area contributed by atoms with Crippen molar-refractivity contribution in [2.45, 2.75) is 6.92 Å². The van der Waals surface area contributed by atoms with Crippen LogP contribution < -0.4 is 11.1 Å². The first-order valence-corrected chi connectivity index (χ1v) is 6.46. The first-order valence-electron chi connectivity index (χ1n) is 6.08. The molecule has 2 aromatic rings. The third kappa shape index (κ3) is 3.52. The number of carbonyl (C=O) groups is 2. The predicted molar refractivity (Wildman–Crippen MR) is 82.0 cm³/mol. The van der Waals surface area contributed by atoms with Crippen LogP contribution in [0.15, 0.2) is 36.4 Å². The van der Waals surface area contributed by atoms with Gasteiger partial charge in [-0.05, 0) is 48.9 Å². The minimum Gasteiger partial charge on any atom is -0.478 e. The molecule has 0 aliphatic heterocycles. The number of halogens is 1. The van der Waals surface area contributed by atoms with Crippen LogP contribution in [0.4, 0.5) is 11.4 Å². The van der Waals surface area contributed by atoms with Gasteiger partial charge in [0.2, 0.25) is 0 Å². The van der Waals surface area contributed by atoms with Crippen LogP contribution >= 0.6 is 11.6 Å². The van der Waals surface area contributed by atoms with E-state index < -0.39 is 5.97 Å². The summed E-state index contributed by atoms with van der Waals surface area (Å²) in [4.78, 5) is 23.0. The molecule has 0 aromatic heterocycles. The fourth-order valence-electron chi connectivity index (χ4n) is 1.93. The van der Waals surface area contributed by atoms with E-state index in [9.17, 15) is 9.59 Å². The number of aryl methyl sites for hydroxylation is 1. The minimum absolute atomic E-state index is 0.194. The molecule has 0 bridgehead atoms. The Balaban J connectivity index is 2.23. The molecule has 0 atom stereocenters. The SMILES string of the molecule is Cc1cc(NC(=O)c2cc(N)cc(Cl)c2)ccc1C(=O)O. The molecule has 0 saturated carbocycles. The summed E-state index contributed by atoms with van der Waals surface area (Å²) in [5.41, 5.74) is 7.62. The smallest absolute Gasteiger partial charge is 0.335 e. The first kappa shape index (κ1) is 14.9. The fraction of sp³-hybridized carbons (Fsp3) is 0.0667. The maximum atomic E-state index is 12.1. The largest absolute Gasteiger partial charge is 0.478 e. The lowest BCUT2D eigenvalue weighted by molar-refractivity contribution is 0.0696. The van der Waals surface area contributed by atoms with Crippen LogP contribution in [0.25, 0.3) is 0 Å². The van der Waals surface area contributed by atoms with E-state index in [1.165, 1.54) is 24.3 Å². The molecule has 5 nitrogen and oxygen atoms in total. The van der Waals surface area contributed by atoms with E-state index in [4.69, 9.17) is 22.4 Å². The summed E-state index contributed by atoms with van der Waals surface area (Å²) in [6.07, 6.45) is 0. The van der Waals surface area contributed by atoms with Crippen molar-refractivity contribution < 1.29 is 14.7 Å². The molecule has 0 unspecified atom stereocenters. The van der Waals surface area contributed by atoms with Gasteiger partial charge in [0.25, 0.3) is 5.91 Å². The molecule has 0 aliphatic carbocycles. The highest BCUT2D eigenvalue weighted by Crippen LogP contribution is 2.19. The van der Waals surface area contributed by atoms with Crippen LogP contribution in [0.3, 0.4) is 0 Å². The van der Waals surface area contributed by atoms with Crippen molar-refractivity contribution in [3.63, 3.8) is 0 Å². The number of carbonyl (C=O) groups excluding carboxylic acids is 1. The molecule has 0 aliphatic rings. The van der Waals surface area contributed by atoms with Gasteiger partial charge < -0.3 is 16.2 Å². The molecular weight excluding hydrogens is 292 g/mol. The normalized spacial score (nSPS) is 10.2. The standard InChI is InChI=1S/C15H13ClN2O3/c1-8-4-12(2-3-13(8)15(20)21)18-14(19)9-5-10(16)7-11(17)6-9/h2-7H,17H2,1H3,(H,18,19)(H,20,21). The molecule has 2 rings (SSSR count). The van der Waals surface area contributed by atoms with Crippen LogP contribution in [-0.2, 0) is 0 Å². The number of anilines is 2. The molecular formula is C15H13ClN2O3. The van der Waals surface area contributed by atoms with E-state index >= 15 is 0 Å². The van der Waals surface area contributed by atoms with E-state index in [0.717, 1.165) is 0 Å². The van der Waals surface area contributed by atoms with E-state index in [2.05, 4.69) is 5.32 Å². The van der Waals surface area contributed by atoms with Crippen molar-refractivity contribution in [2.75, 3.05) is 11.1 Å². The Morgan fingerprint density at radius 3 is 2.48 bits per heavy atom. The summed E-state index contributed by atoms with van der Waals surface area (Å²) in [7, 11) is 0. The van der Waals surface area contributed by atoms with Crippen molar-refractivity contribution in [1.29, 1.82) is 0 Å². The van der Waals surface area contributed by atoms with E-state index in [0.29, 0.717) is 27.5 Å². The Morgan fingerprint density at radius 2 is 1.90 bits per heavy atom. The average molecular weight is 305 g/mol. The molecule has 2 aromatic carbocycles. The molecule has 21 heavy (non-hydrogen) atoms. The van der Waals surface area contributed by atoms with Gasteiger partial charge in [-0.15, -0.1) is 0 Å². The van der Waals surface area contributed by atoms with Crippen LogP contribution in [0.5, 0.6) is 0 Å². The highest BCUT2D eigenvalue weighted by molar-refractivity contribution is 6.31. The van der Waals surface area contributed by atoms with Crippen molar-refractivity contribution in [1.82, 2.24) is 0 Å². The summed E-state index contributed by atoms with van der Waals surface area (Å²) < 4.78 is 0. The lowest BCUT2D eigenvalue weighted by atomic mass is 10.1. The van der Waals surface area contributed by atoms with Crippen molar-refractivity contribution in [3.05, 3.63) is 58.1 Å². The van der Waals surface area contributed by atoms with E-state index in [-0.39, 0.29) is 11.5 Å². The second-order valence-corrected chi connectivity index (χ2v) is 5.00. The molecule has 0 saturated heterocycles. The number of hydrogen-bond donors (Lipinski definition) is 3. The maximum absolute atomic E-state index is 12.1. The molecule has 0 spiro atoms. The average Bonchev–Trinajstić information content (AvgIpc) is 2.37. The number of carboxylic acids is 1. The zero-order valence-corrected chi connectivity index (χ0v) is 11.9. The minimum atomic E-state index is -1.01. The highest BCUT2D eigenvalue weighted by Gasteiger charge is 2.11. The Bertz CT molecular complexity index is 709. The number of aromatic carboxylic acids is 1. The molecule has 6 heteroatoms. The number of amides is 1. The Kier molecular flexibility index (Phi) is 4.14. The second-order valence-electron chi connectivity index (χ2n) is 4.56. The summed E-state index contributed by atoms with van der Waals surface area (Å²) in [6, 6.07) is 9.13. The van der Waals surface area contributed by atoms with Crippen LogP contribution in [0, 0.1) is 6.92 Å². The van der Waals surface area contributed by atoms with Crippen LogP contribution in [0.1, 0.15) is 26.3 Å². The Labute approximate surface area is 126 Å². The number of benzene rings is 2. The highest BCUT2D eigenvalue weighted by atomic mass is 35.5. The topological polar surface area (TPSA) is 92.4 Å². The van der Waals surface area contributed by atoms with Gasteiger partial charge in [-0.25, -0.2) is 4.79 Å². The van der Waals surface area contributed by atoms with Gasteiger partial charge >= 0.3 is 5.97 Å². The molecule has 4 N–H and O–H groups in total. The molecule has 1 amide bonds. The van der Waals surface area contributed by atoms with E-state index in [1.54, 1.807) is 19.1 Å². The zero-order valence-electron chi connectivity index (χ0n) is 11.2. The Hall–Kier alpha value is -2.53.